The molecule has 0 aromatic heterocycles. The van der Waals surface area contributed by atoms with E-state index in [1.165, 1.54) is 6.21 Å². The Bertz CT molecular complexity index is 1030. The van der Waals surface area contributed by atoms with Gasteiger partial charge in [0, 0.05) is 0 Å². The van der Waals surface area contributed by atoms with Crippen LogP contribution in [0.3, 0.4) is 0 Å². The number of aryl methyl sites for hydroxylation is 1. The number of para-hydroxylation sites is 1. The first-order chi connectivity index (χ1) is 15.8. The van der Waals surface area contributed by atoms with Crippen molar-refractivity contribution in [2.75, 3.05) is 13.2 Å². The standard InChI is InChI=1S/C24H27BrN4O4/c1-16(2)12-20(28-23(30)15-33-21-7-5-4-6-17(21)3)24(31)29-27-14-18-8-9-22(19(25)13-18)32-11-10-26/h4-9,13-14,16,20H,11-12,15H2,1-3H3,(H,28,30)(H,29,31)/b27-14-/t20-/m1/s1. The summed E-state index contributed by atoms with van der Waals surface area (Å²) in [5, 5.41) is 15.3. The molecule has 0 aliphatic carbocycles. The SMILES string of the molecule is Cc1ccccc1OCC(=O)N[C@H](CC(C)C)C(=O)N/N=C\c1ccc(OCC#N)c(Br)c1. The average Bonchev–Trinajstić information content (AvgIpc) is 2.77. The molecular weight excluding hydrogens is 488 g/mol. The van der Waals surface area contributed by atoms with Crippen molar-refractivity contribution in [1.29, 1.82) is 5.26 Å². The summed E-state index contributed by atoms with van der Waals surface area (Å²) in [7, 11) is 0. The normalized spacial score (nSPS) is 11.6. The quantitative estimate of drug-likeness (QED) is 0.350. The van der Waals surface area contributed by atoms with Gasteiger partial charge in [-0.1, -0.05) is 32.0 Å². The third kappa shape index (κ3) is 8.94. The average molecular weight is 515 g/mol. The van der Waals surface area contributed by atoms with E-state index in [0.29, 0.717) is 28.0 Å². The van der Waals surface area contributed by atoms with Crippen LogP contribution >= 0.6 is 15.9 Å². The number of nitriles is 1. The fourth-order valence-electron chi connectivity index (χ4n) is 2.87. The van der Waals surface area contributed by atoms with Gasteiger partial charge in [-0.3, -0.25) is 9.59 Å². The molecule has 0 heterocycles. The summed E-state index contributed by atoms with van der Waals surface area (Å²) in [6.07, 6.45) is 1.93. The number of hydrogen-bond donors (Lipinski definition) is 2. The molecular formula is C24H27BrN4O4. The van der Waals surface area contributed by atoms with Gasteiger partial charge in [-0.2, -0.15) is 10.4 Å². The van der Waals surface area contributed by atoms with Crippen molar-refractivity contribution >= 4 is 34.0 Å². The Morgan fingerprint density at radius 3 is 2.61 bits per heavy atom. The number of benzene rings is 2. The first-order valence-electron chi connectivity index (χ1n) is 10.4. The first-order valence-corrected chi connectivity index (χ1v) is 11.2. The highest BCUT2D eigenvalue weighted by Crippen LogP contribution is 2.25. The van der Waals surface area contributed by atoms with Crippen LogP contribution in [0.2, 0.25) is 0 Å². The summed E-state index contributed by atoms with van der Waals surface area (Å²) >= 11 is 3.37. The van der Waals surface area contributed by atoms with Gasteiger partial charge in [0.1, 0.15) is 23.6 Å². The molecule has 8 nitrogen and oxygen atoms in total. The van der Waals surface area contributed by atoms with E-state index < -0.39 is 11.9 Å². The lowest BCUT2D eigenvalue weighted by atomic mass is 10.0. The molecule has 0 spiro atoms. The second-order valence-electron chi connectivity index (χ2n) is 7.67. The second kappa shape index (κ2) is 13.2. The minimum Gasteiger partial charge on any atom is -0.484 e. The molecule has 0 radical (unpaired) electrons. The summed E-state index contributed by atoms with van der Waals surface area (Å²) in [5.74, 6) is 0.527. The van der Waals surface area contributed by atoms with Crippen LogP contribution in [0.25, 0.3) is 0 Å². The molecule has 0 unspecified atom stereocenters. The Labute approximate surface area is 202 Å². The molecule has 0 saturated heterocycles. The summed E-state index contributed by atoms with van der Waals surface area (Å²) in [6.45, 7) is 5.58. The van der Waals surface area contributed by atoms with Gasteiger partial charge >= 0.3 is 0 Å². The van der Waals surface area contributed by atoms with E-state index >= 15 is 0 Å². The first kappa shape index (κ1) is 25.9. The molecule has 2 aromatic carbocycles. The van der Waals surface area contributed by atoms with E-state index in [9.17, 15) is 9.59 Å². The minimum atomic E-state index is -0.747. The van der Waals surface area contributed by atoms with E-state index in [-0.39, 0.29) is 25.0 Å². The van der Waals surface area contributed by atoms with E-state index in [0.717, 1.165) is 5.56 Å². The number of ether oxygens (including phenoxy) is 2. The largest absolute Gasteiger partial charge is 0.484 e. The number of hydrogen-bond acceptors (Lipinski definition) is 6. The van der Waals surface area contributed by atoms with Gasteiger partial charge in [0.2, 0.25) is 0 Å². The van der Waals surface area contributed by atoms with Gasteiger partial charge in [-0.25, -0.2) is 5.43 Å². The maximum absolute atomic E-state index is 12.6. The van der Waals surface area contributed by atoms with Crippen LogP contribution in [0.4, 0.5) is 0 Å². The number of halogens is 1. The second-order valence-corrected chi connectivity index (χ2v) is 8.53. The Hall–Kier alpha value is -3.38. The zero-order valence-electron chi connectivity index (χ0n) is 18.8. The molecule has 0 fully saturated rings. The predicted octanol–water partition coefficient (Wildman–Crippen LogP) is 3.72. The van der Waals surface area contributed by atoms with Crippen molar-refractivity contribution in [2.24, 2.45) is 11.0 Å². The maximum atomic E-state index is 12.6. The van der Waals surface area contributed by atoms with Gasteiger partial charge in [-0.05, 0) is 70.6 Å². The summed E-state index contributed by atoms with van der Waals surface area (Å²) in [4.78, 5) is 25.0. The highest BCUT2D eigenvalue weighted by atomic mass is 79.9. The fourth-order valence-corrected chi connectivity index (χ4v) is 3.38. The predicted molar refractivity (Wildman–Crippen MR) is 129 cm³/mol. The summed E-state index contributed by atoms with van der Waals surface area (Å²) in [6, 6.07) is 13.7. The molecule has 174 valence electrons. The lowest BCUT2D eigenvalue weighted by molar-refractivity contribution is -0.130. The number of amides is 2. The van der Waals surface area contributed by atoms with Gasteiger partial charge in [-0.15, -0.1) is 0 Å². The van der Waals surface area contributed by atoms with Gasteiger partial charge < -0.3 is 14.8 Å². The van der Waals surface area contributed by atoms with E-state index in [1.807, 2.05) is 45.0 Å². The Balaban J connectivity index is 1.93. The van der Waals surface area contributed by atoms with Crippen LogP contribution in [-0.4, -0.2) is 37.3 Å². The smallest absolute Gasteiger partial charge is 0.262 e. The molecule has 9 heteroatoms. The van der Waals surface area contributed by atoms with Crippen molar-refractivity contribution in [2.45, 2.75) is 33.2 Å². The van der Waals surface area contributed by atoms with Crippen LogP contribution < -0.4 is 20.2 Å². The number of hydrazone groups is 1. The van der Waals surface area contributed by atoms with Crippen molar-refractivity contribution in [3.63, 3.8) is 0 Å². The summed E-state index contributed by atoms with van der Waals surface area (Å²) in [5.41, 5.74) is 4.11. The molecule has 0 aliphatic rings. The Morgan fingerprint density at radius 1 is 1.18 bits per heavy atom. The van der Waals surface area contributed by atoms with E-state index in [4.69, 9.17) is 14.7 Å². The lowest BCUT2D eigenvalue weighted by Crippen LogP contribution is -2.47. The number of carbonyl (C=O) groups is 2. The van der Waals surface area contributed by atoms with E-state index in [2.05, 4.69) is 31.8 Å². The number of nitrogens with one attached hydrogen (secondary N) is 2. The molecule has 33 heavy (non-hydrogen) atoms. The van der Waals surface area contributed by atoms with Crippen LogP contribution in [0, 0.1) is 24.2 Å². The zero-order valence-corrected chi connectivity index (χ0v) is 20.4. The molecule has 2 rings (SSSR count). The molecule has 2 aromatic rings. The molecule has 2 N–H and O–H groups in total. The van der Waals surface area contributed by atoms with Gasteiger partial charge in [0.25, 0.3) is 11.8 Å². The van der Waals surface area contributed by atoms with Crippen molar-refractivity contribution < 1.29 is 19.1 Å². The zero-order chi connectivity index (χ0) is 24.2. The molecule has 0 saturated carbocycles. The molecule has 0 bridgehead atoms. The third-order valence-corrected chi connectivity index (χ3v) is 5.07. The van der Waals surface area contributed by atoms with Gasteiger partial charge in [0.05, 0.1) is 10.7 Å². The van der Waals surface area contributed by atoms with Crippen LogP contribution in [0.1, 0.15) is 31.4 Å². The molecule has 2 amide bonds. The monoisotopic (exact) mass is 514 g/mol. The Morgan fingerprint density at radius 2 is 1.94 bits per heavy atom. The van der Waals surface area contributed by atoms with Crippen LogP contribution in [0.5, 0.6) is 11.5 Å². The lowest BCUT2D eigenvalue weighted by Gasteiger charge is -2.19. The summed E-state index contributed by atoms with van der Waals surface area (Å²) < 4.78 is 11.5. The van der Waals surface area contributed by atoms with Crippen LogP contribution in [-0.2, 0) is 9.59 Å². The van der Waals surface area contributed by atoms with E-state index in [1.54, 1.807) is 24.3 Å². The van der Waals surface area contributed by atoms with Crippen molar-refractivity contribution in [3.05, 3.63) is 58.1 Å². The highest BCUT2D eigenvalue weighted by molar-refractivity contribution is 9.10. The number of rotatable bonds is 11. The number of carbonyl (C=O) groups excluding carboxylic acids is 2. The molecule has 0 aliphatic heterocycles. The maximum Gasteiger partial charge on any atom is 0.262 e. The molecule has 1 atom stereocenters. The van der Waals surface area contributed by atoms with Gasteiger partial charge in [0.15, 0.2) is 13.2 Å². The minimum absolute atomic E-state index is 0.0545. The Kier molecular flexibility index (Phi) is 10.4. The number of nitrogens with zero attached hydrogens (tertiary/aromatic N) is 2. The fraction of sp³-hybridized carbons (Fsp3) is 0.333. The third-order valence-electron chi connectivity index (χ3n) is 4.45. The van der Waals surface area contributed by atoms with Crippen LogP contribution in [0.15, 0.2) is 52.0 Å². The topological polar surface area (TPSA) is 113 Å². The van der Waals surface area contributed by atoms with Crippen molar-refractivity contribution in [1.82, 2.24) is 10.7 Å². The van der Waals surface area contributed by atoms with Crippen molar-refractivity contribution in [3.8, 4) is 17.6 Å². The highest BCUT2D eigenvalue weighted by Gasteiger charge is 2.22.